The molecule has 1 aromatic rings. The molecule has 5 heteroatoms. The SMILES string of the molecule is CN=C(NCC(OC)C(C)(C)C)NCC1(c2ccccc2F)CC1. The number of nitrogens with one attached hydrogen (secondary N) is 2. The summed E-state index contributed by atoms with van der Waals surface area (Å²) in [6.45, 7) is 7.80. The van der Waals surface area contributed by atoms with Gasteiger partial charge in [0.2, 0.25) is 0 Å². The second kappa shape index (κ2) is 7.51. The van der Waals surface area contributed by atoms with E-state index >= 15 is 0 Å². The summed E-state index contributed by atoms with van der Waals surface area (Å²) < 4.78 is 19.6. The summed E-state index contributed by atoms with van der Waals surface area (Å²) in [5, 5.41) is 6.66. The Morgan fingerprint density at radius 1 is 1.29 bits per heavy atom. The zero-order valence-electron chi connectivity index (χ0n) is 15.4. The number of methoxy groups -OCH3 is 1. The first-order valence-electron chi connectivity index (χ1n) is 8.55. The fourth-order valence-electron chi connectivity index (χ4n) is 2.99. The lowest BCUT2D eigenvalue weighted by Crippen LogP contribution is -2.47. The number of ether oxygens (including phenoxy) is 1. The van der Waals surface area contributed by atoms with Gasteiger partial charge in [-0.15, -0.1) is 0 Å². The van der Waals surface area contributed by atoms with Gasteiger partial charge in [0, 0.05) is 32.7 Å². The molecule has 1 unspecified atom stereocenters. The summed E-state index contributed by atoms with van der Waals surface area (Å²) >= 11 is 0. The van der Waals surface area contributed by atoms with Crippen molar-refractivity contribution in [3.63, 3.8) is 0 Å². The van der Waals surface area contributed by atoms with Crippen LogP contribution in [-0.2, 0) is 10.2 Å². The van der Waals surface area contributed by atoms with E-state index in [1.54, 1.807) is 20.2 Å². The van der Waals surface area contributed by atoms with Crippen molar-refractivity contribution in [2.45, 2.75) is 45.1 Å². The average molecular weight is 335 g/mol. The Morgan fingerprint density at radius 2 is 1.96 bits per heavy atom. The highest BCUT2D eigenvalue weighted by Gasteiger charge is 2.45. The van der Waals surface area contributed by atoms with Crippen LogP contribution in [0.2, 0.25) is 0 Å². The molecule has 0 amide bonds. The van der Waals surface area contributed by atoms with Gasteiger partial charge in [-0.3, -0.25) is 4.99 Å². The van der Waals surface area contributed by atoms with Crippen molar-refractivity contribution in [3.05, 3.63) is 35.6 Å². The van der Waals surface area contributed by atoms with Gasteiger partial charge in [0.1, 0.15) is 5.82 Å². The van der Waals surface area contributed by atoms with Gasteiger partial charge in [0.15, 0.2) is 5.96 Å². The number of guanidine groups is 1. The minimum atomic E-state index is -0.119. The first kappa shape index (κ1) is 18.7. The predicted octanol–water partition coefficient (Wildman–Crippen LogP) is 3.08. The molecule has 2 N–H and O–H groups in total. The van der Waals surface area contributed by atoms with Gasteiger partial charge in [-0.05, 0) is 29.9 Å². The third kappa shape index (κ3) is 4.47. The fourth-order valence-corrected chi connectivity index (χ4v) is 2.99. The molecule has 1 aromatic carbocycles. The van der Waals surface area contributed by atoms with Crippen LogP contribution >= 0.6 is 0 Å². The lowest BCUT2D eigenvalue weighted by Gasteiger charge is -2.30. The molecule has 0 spiro atoms. The van der Waals surface area contributed by atoms with E-state index in [0.717, 1.165) is 24.4 Å². The van der Waals surface area contributed by atoms with E-state index in [2.05, 4.69) is 36.4 Å². The minimum absolute atomic E-state index is 0.0471. The quantitative estimate of drug-likeness (QED) is 0.620. The third-order valence-corrected chi connectivity index (χ3v) is 4.82. The van der Waals surface area contributed by atoms with Crippen LogP contribution in [0.1, 0.15) is 39.2 Å². The summed E-state index contributed by atoms with van der Waals surface area (Å²) in [6.07, 6.45) is 2.08. The van der Waals surface area contributed by atoms with Crippen LogP contribution in [0.4, 0.5) is 4.39 Å². The standard InChI is InChI=1S/C19H30FN3O/c1-18(2,3)16(24-5)12-22-17(21-4)23-13-19(10-11-19)14-8-6-7-9-15(14)20/h6-9,16H,10-13H2,1-5H3,(H2,21,22,23). The van der Waals surface area contributed by atoms with E-state index in [1.807, 2.05) is 12.1 Å². The Hall–Kier alpha value is -1.62. The number of rotatable bonds is 6. The van der Waals surface area contributed by atoms with Crippen molar-refractivity contribution in [1.29, 1.82) is 0 Å². The maximum atomic E-state index is 14.1. The lowest BCUT2D eigenvalue weighted by molar-refractivity contribution is 0.0205. The van der Waals surface area contributed by atoms with Gasteiger partial charge in [-0.1, -0.05) is 39.0 Å². The molecule has 1 saturated carbocycles. The number of hydrogen-bond acceptors (Lipinski definition) is 2. The summed E-state index contributed by atoms with van der Waals surface area (Å²) in [4.78, 5) is 4.27. The predicted molar refractivity (Wildman–Crippen MR) is 96.9 cm³/mol. The number of aliphatic imine (C=N–C) groups is 1. The summed E-state index contributed by atoms with van der Waals surface area (Å²) in [5.41, 5.74) is 0.747. The van der Waals surface area contributed by atoms with E-state index < -0.39 is 0 Å². The van der Waals surface area contributed by atoms with Gasteiger partial charge in [0.05, 0.1) is 6.10 Å². The van der Waals surface area contributed by atoms with Crippen LogP contribution < -0.4 is 10.6 Å². The zero-order valence-corrected chi connectivity index (χ0v) is 15.4. The fraction of sp³-hybridized carbons (Fsp3) is 0.632. The van der Waals surface area contributed by atoms with E-state index in [0.29, 0.717) is 13.1 Å². The smallest absolute Gasteiger partial charge is 0.191 e. The number of halogens is 1. The lowest BCUT2D eigenvalue weighted by atomic mass is 9.89. The van der Waals surface area contributed by atoms with E-state index in [9.17, 15) is 4.39 Å². The van der Waals surface area contributed by atoms with Crippen LogP contribution in [0.15, 0.2) is 29.3 Å². The van der Waals surface area contributed by atoms with Crippen molar-refractivity contribution in [2.24, 2.45) is 10.4 Å². The molecule has 134 valence electrons. The highest BCUT2D eigenvalue weighted by Crippen LogP contribution is 2.48. The third-order valence-electron chi connectivity index (χ3n) is 4.82. The second-order valence-electron chi connectivity index (χ2n) is 7.66. The second-order valence-corrected chi connectivity index (χ2v) is 7.66. The van der Waals surface area contributed by atoms with Gasteiger partial charge in [0.25, 0.3) is 0 Å². The van der Waals surface area contributed by atoms with E-state index in [4.69, 9.17) is 4.74 Å². The van der Waals surface area contributed by atoms with Crippen LogP contribution in [-0.4, -0.2) is 39.3 Å². The Kier molecular flexibility index (Phi) is 5.86. The zero-order chi connectivity index (χ0) is 17.8. The molecular weight excluding hydrogens is 305 g/mol. The summed E-state index contributed by atoms with van der Waals surface area (Å²) in [5.74, 6) is 0.607. The van der Waals surface area contributed by atoms with Crippen LogP contribution in [0.25, 0.3) is 0 Å². The monoisotopic (exact) mass is 335 g/mol. The van der Waals surface area contributed by atoms with Crippen molar-refractivity contribution in [2.75, 3.05) is 27.2 Å². The Labute approximate surface area is 144 Å². The van der Waals surface area contributed by atoms with Gasteiger partial charge < -0.3 is 15.4 Å². The normalized spacial score (nSPS) is 18.2. The first-order valence-corrected chi connectivity index (χ1v) is 8.55. The average Bonchev–Trinajstić information content (AvgIpc) is 3.31. The van der Waals surface area contributed by atoms with Gasteiger partial charge in [-0.2, -0.15) is 0 Å². The Morgan fingerprint density at radius 3 is 2.46 bits per heavy atom. The topological polar surface area (TPSA) is 45.7 Å². The Bertz CT molecular complexity index is 576. The van der Waals surface area contributed by atoms with Crippen molar-refractivity contribution >= 4 is 5.96 Å². The summed E-state index contributed by atoms with van der Waals surface area (Å²) in [7, 11) is 3.47. The molecule has 2 rings (SSSR count). The molecule has 24 heavy (non-hydrogen) atoms. The molecule has 0 bridgehead atoms. The number of nitrogens with zero attached hydrogens (tertiary/aromatic N) is 1. The van der Waals surface area contributed by atoms with Crippen molar-refractivity contribution in [1.82, 2.24) is 10.6 Å². The highest BCUT2D eigenvalue weighted by atomic mass is 19.1. The Balaban J connectivity index is 1.92. The molecule has 1 aliphatic rings. The molecule has 4 nitrogen and oxygen atoms in total. The summed E-state index contributed by atoms with van der Waals surface area (Å²) in [6, 6.07) is 7.06. The number of hydrogen-bond donors (Lipinski definition) is 2. The van der Waals surface area contributed by atoms with Crippen LogP contribution in [0, 0.1) is 11.2 Å². The largest absolute Gasteiger partial charge is 0.379 e. The first-order chi connectivity index (χ1) is 11.3. The molecular formula is C19H30FN3O. The molecule has 0 radical (unpaired) electrons. The van der Waals surface area contributed by atoms with Crippen molar-refractivity contribution < 1.29 is 9.13 Å². The van der Waals surface area contributed by atoms with E-state index in [-0.39, 0.29) is 22.8 Å². The van der Waals surface area contributed by atoms with Crippen LogP contribution in [0.5, 0.6) is 0 Å². The molecule has 1 fully saturated rings. The highest BCUT2D eigenvalue weighted by molar-refractivity contribution is 5.79. The molecule has 0 aromatic heterocycles. The van der Waals surface area contributed by atoms with Gasteiger partial charge >= 0.3 is 0 Å². The maximum Gasteiger partial charge on any atom is 0.191 e. The minimum Gasteiger partial charge on any atom is -0.379 e. The molecule has 1 atom stereocenters. The molecule has 1 aliphatic carbocycles. The molecule has 0 aliphatic heterocycles. The molecule has 0 heterocycles. The van der Waals surface area contributed by atoms with Gasteiger partial charge in [-0.25, -0.2) is 4.39 Å². The molecule has 0 saturated heterocycles. The number of benzene rings is 1. The van der Waals surface area contributed by atoms with Crippen molar-refractivity contribution in [3.8, 4) is 0 Å². The van der Waals surface area contributed by atoms with E-state index in [1.165, 1.54) is 6.07 Å². The van der Waals surface area contributed by atoms with Crippen LogP contribution in [0.3, 0.4) is 0 Å². The maximum absolute atomic E-state index is 14.1.